The fourth-order valence-electron chi connectivity index (χ4n) is 1.60. The maximum absolute atomic E-state index is 9.47. The molecular weight excluding hydrogens is 270 g/mol. The Morgan fingerprint density at radius 3 is 2.31 bits per heavy atom. The summed E-state index contributed by atoms with van der Waals surface area (Å²) in [5, 5.41) is 18.9. The van der Waals surface area contributed by atoms with E-state index in [9.17, 15) is 10.2 Å². The van der Waals surface area contributed by atoms with Gasteiger partial charge in [0.05, 0.1) is 13.2 Å². The second-order valence-electron chi connectivity index (χ2n) is 4.48. The molecule has 0 bridgehead atoms. The van der Waals surface area contributed by atoms with Crippen LogP contribution in [0.4, 0.5) is 0 Å². The molecular formula is C12H18BrNO2. The van der Waals surface area contributed by atoms with E-state index in [1.165, 1.54) is 0 Å². The lowest BCUT2D eigenvalue weighted by molar-refractivity contribution is 0.0155. The monoisotopic (exact) mass is 287 g/mol. The van der Waals surface area contributed by atoms with Crippen molar-refractivity contribution in [1.82, 2.24) is 4.98 Å². The van der Waals surface area contributed by atoms with Gasteiger partial charge in [-0.25, -0.2) is 0 Å². The van der Waals surface area contributed by atoms with E-state index in [1.807, 2.05) is 26.0 Å². The molecule has 0 aliphatic heterocycles. The van der Waals surface area contributed by atoms with Crippen LogP contribution in [0, 0.1) is 11.3 Å². The van der Waals surface area contributed by atoms with Crippen LogP contribution in [0.15, 0.2) is 22.8 Å². The molecule has 0 spiro atoms. The molecule has 1 rings (SSSR count). The third kappa shape index (κ3) is 3.03. The Morgan fingerprint density at radius 2 is 1.94 bits per heavy atom. The number of nitrogens with zero attached hydrogens (tertiary/aromatic N) is 1. The highest BCUT2D eigenvalue weighted by Crippen LogP contribution is 2.30. The Kier molecular flexibility index (Phi) is 4.89. The zero-order valence-corrected chi connectivity index (χ0v) is 11.2. The van der Waals surface area contributed by atoms with E-state index in [2.05, 4.69) is 20.9 Å². The first-order valence-electron chi connectivity index (χ1n) is 5.36. The van der Waals surface area contributed by atoms with Crippen LogP contribution in [0.5, 0.6) is 0 Å². The summed E-state index contributed by atoms with van der Waals surface area (Å²) < 4.78 is 0.930. The van der Waals surface area contributed by atoms with Gasteiger partial charge < -0.3 is 10.2 Å². The molecule has 2 N–H and O–H groups in total. The van der Waals surface area contributed by atoms with Gasteiger partial charge in [-0.3, -0.25) is 4.98 Å². The van der Waals surface area contributed by atoms with Crippen LogP contribution >= 0.6 is 15.9 Å². The van der Waals surface area contributed by atoms with Crippen molar-refractivity contribution in [3.05, 3.63) is 28.5 Å². The van der Waals surface area contributed by atoms with Gasteiger partial charge >= 0.3 is 0 Å². The number of aromatic nitrogens is 1. The first kappa shape index (κ1) is 13.6. The first-order chi connectivity index (χ1) is 7.54. The van der Waals surface area contributed by atoms with E-state index in [-0.39, 0.29) is 19.1 Å². The zero-order chi connectivity index (χ0) is 12.2. The van der Waals surface area contributed by atoms with E-state index in [1.54, 1.807) is 6.20 Å². The van der Waals surface area contributed by atoms with Crippen LogP contribution < -0.4 is 0 Å². The van der Waals surface area contributed by atoms with Gasteiger partial charge in [-0.05, 0) is 40.4 Å². The standard InChI is InChI=1S/C12H18BrNO2/c1-9(2)12(7-15,8-16)5-11-4-3-10(13)6-14-11/h3-4,6,9,15-16H,5,7-8H2,1-2H3. The topological polar surface area (TPSA) is 53.4 Å². The van der Waals surface area contributed by atoms with Crippen LogP contribution in [0.25, 0.3) is 0 Å². The van der Waals surface area contributed by atoms with Crippen LogP contribution in [0.3, 0.4) is 0 Å². The summed E-state index contributed by atoms with van der Waals surface area (Å²) >= 11 is 3.33. The van der Waals surface area contributed by atoms with Gasteiger partial charge in [0.25, 0.3) is 0 Å². The SMILES string of the molecule is CC(C)C(CO)(CO)Cc1ccc(Br)cn1. The summed E-state index contributed by atoms with van der Waals surface area (Å²) in [4.78, 5) is 4.27. The molecule has 0 unspecified atom stereocenters. The predicted molar refractivity (Wildman–Crippen MR) is 67.1 cm³/mol. The van der Waals surface area contributed by atoms with Crippen molar-refractivity contribution >= 4 is 15.9 Å². The molecule has 4 heteroatoms. The quantitative estimate of drug-likeness (QED) is 0.871. The van der Waals surface area contributed by atoms with Crippen molar-refractivity contribution in [2.75, 3.05) is 13.2 Å². The van der Waals surface area contributed by atoms with Gasteiger partial charge in [-0.15, -0.1) is 0 Å². The van der Waals surface area contributed by atoms with Crippen LogP contribution in [0.1, 0.15) is 19.5 Å². The third-order valence-electron chi connectivity index (χ3n) is 3.18. The first-order valence-corrected chi connectivity index (χ1v) is 6.15. The highest BCUT2D eigenvalue weighted by Gasteiger charge is 2.33. The molecule has 0 saturated heterocycles. The van der Waals surface area contributed by atoms with Crippen molar-refractivity contribution in [3.8, 4) is 0 Å². The molecule has 90 valence electrons. The minimum atomic E-state index is -0.485. The highest BCUT2D eigenvalue weighted by molar-refractivity contribution is 9.10. The van der Waals surface area contributed by atoms with Gasteiger partial charge in [-0.2, -0.15) is 0 Å². The van der Waals surface area contributed by atoms with Crippen molar-refractivity contribution < 1.29 is 10.2 Å². The zero-order valence-electron chi connectivity index (χ0n) is 9.65. The van der Waals surface area contributed by atoms with E-state index < -0.39 is 5.41 Å². The summed E-state index contributed by atoms with van der Waals surface area (Å²) in [6.45, 7) is 3.95. The lowest BCUT2D eigenvalue weighted by Crippen LogP contribution is -2.37. The molecule has 0 fully saturated rings. The van der Waals surface area contributed by atoms with Crippen molar-refractivity contribution in [2.24, 2.45) is 11.3 Å². The number of pyridine rings is 1. The van der Waals surface area contributed by atoms with Gasteiger partial charge in [0.15, 0.2) is 0 Å². The molecule has 0 radical (unpaired) electrons. The number of aliphatic hydroxyl groups excluding tert-OH is 2. The molecule has 1 aromatic rings. The Morgan fingerprint density at radius 1 is 1.31 bits per heavy atom. The molecule has 16 heavy (non-hydrogen) atoms. The second-order valence-corrected chi connectivity index (χ2v) is 5.39. The Hall–Kier alpha value is -0.450. The summed E-state index contributed by atoms with van der Waals surface area (Å²) in [6, 6.07) is 3.83. The number of rotatable bonds is 5. The summed E-state index contributed by atoms with van der Waals surface area (Å²) in [5.41, 5.74) is 0.404. The highest BCUT2D eigenvalue weighted by atomic mass is 79.9. The van der Waals surface area contributed by atoms with E-state index in [0.29, 0.717) is 6.42 Å². The molecule has 0 saturated carbocycles. The van der Waals surface area contributed by atoms with Crippen molar-refractivity contribution in [1.29, 1.82) is 0 Å². The lowest BCUT2D eigenvalue weighted by atomic mass is 9.75. The van der Waals surface area contributed by atoms with Gasteiger partial charge in [0.1, 0.15) is 0 Å². The molecule has 0 aliphatic rings. The average molecular weight is 288 g/mol. The van der Waals surface area contributed by atoms with Crippen molar-refractivity contribution in [2.45, 2.75) is 20.3 Å². The smallest absolute Gasteiger partial charge is 0.0515 e. The van der Waals surface area contributed by atoms with E-state index in [4.69, 9.17) is 0 Å². The molecule has 1 aromatic heterocycles. The minimum absolute atomic E-state index is 0.0289. The molecule has 0 amide bonds. The van der Waals surface area contributed by atoms with Gasteiger partial charge in [0.2, 0.25) is 0 Å². The molecule has 0 atom stereocenters. The summed E-state index contributed by atoms with van der Waals surface area (Å²) in [5.74, 6) is 0.202. The molecule has 0 aromatic carbocycles. The lowest BCUT2D eigenvalue weighted by Gasteiger charge is -2.33. The van der Waals surface area contributed by atoms with Crippen molar-refractivity contribution in [3.63, 3.8) is 0 Å². The molecule has 3 nitrogen and oxygen atoms in total. The number of hydrogen-bond acceptors (Lipinski definition) is 3. The van der Waals surface area contributed by atoms with E-state index in [0.717, 1.165) is 10.2 Å². The minimum Gasteiger partial charge on any atom is -0.396 e. The number of aliphatic hydroxyl groups is 2. The fraction of sp³-hybridized carbons (Fsp3) is 0.583. The summed E-state index contributed by atoms with van der Waals surface area (Å²) in [6.07, 6.45) is 2.32. The maximum Gasteiger partial charge on any atom is 0.0515 e. The average Bonchev–Trinajstić information content (AvgIpc) is 2.28. The maximum atomic E-state index is 9.47. The van der Waals surface area contributed by atoms with Crippen LogP contribution in [-0.2, 0) is 6.42 Å². The third-order valence-corrected chi connectivity index (χ3v) is 3.65. The molecule has 1 heterocycles. The van der Waals surface area contributed by atoms with Crippen LogP contribution in [-0.4, -0.2) is 28.4 Å². The van der Waals surface area contributed by atoms with Gasteiger partial charge in [0, 0.05) is 21.8 Å². The summed E-state index contributed by atoms with van der Waals surface area (Å²) in [7, 11) is 0. The normalized spacial score (nSPS) is 12.1. The number of hydrogen-bond donors (Lipinski definition) is 2. The Bertz CT molecular complexity index is 320. The molecule has 0 aliphatic carbocycles. The Balaban J connectivity index is 2.87. The van der Waals surface area contributed by atoms with Crippen LogP contribution in [0.2, 0.25) is 0 Å². The fourth-order valence-corrected chi connectivity index (χ4v) is 1.84. The Labute approximate surface area is 105 Å². The van der Waals surface area contributed by atoms with E-state index >= 15 is 0 Å². The van der Waals surface area contributed by atoms with Gasteiger partial charge in [-0.1, -0.05) is 13.8 Å². The number of halogens is 1. The largest absolute Gasteiger partial charge is 0.396 e. The predicted octanol–water partition coefficient (Wildman–Crippen LogP) is 2.01. The second kappa shape index (κ2) is 5.75.